The van der Waals surface area contributed by atoms with E-state index in [1.165, 1.54) is 11.3 Å². The van der Waals surface area contributed by atoms with Crippen molar-refractivity contribution in [1.82, 2.24) is 5.32 Å². The standard InChI is InChI=1S/C11H16N2/c1-10-2-4-11(5-3-10)13-8-6-12-7-9-13/h2-5,12H,6-9H2,1H3/i1-1. The maximum atomic E-state index is 3.35. The molecule has 0 atom stereocenters. The molecule has 0 radical (unpaired) electrons. The molecule has 0 unspecified atom stereocenters. The van der Waals surface area contributed by atoms with Gasteiger partial charge in [0.1, 0.15) is 0 Å². The highest BCUT2D eigenvalue weighted by molar-refractivity contribution is 5.47. The van der Waals surface area contributed by atoms with E-state index in [2.05, 4.69) is 41.4 Å². The number of benzene rings is 1. The van der Waals surface area contributed by atoms with E-state index in [0.29, 0.717) is 0 Å². The molecule has 1 aliphatic heterocycles. The summed E-state index contributed by atoms with van der Waals surface area (Å²) in [5.74, 6) is 0. The van der Waals surface area contributed by atoms with Gasteiger partial charge in [0.2, 0.25) is 0 Å². The molecule has 2 rings (SSSR count). The first kappa shape index (κ1) is 8.57. The summed E-state index contributed by atoms with van der Waals surface area (Å²) in [6.45, 7) is 6.59. The Morgan fingerprint density at radius 3 is 2.31 bits per heavy atom. The molecule has 2 heteroatoms. The molecule has 1 heterocycles. The number of nitrogens with one attached hydrogen (secondary N) is 1. The van der Waals surface area contributed by atoms with Crippen molar-refractivity contribution in [2.45, 2.75) is 6.92 Å². The maximum absolute atomic E-state index is 3.35. The van der Waals surface area contributed by atoms with Gasteiger partial charge in [0, 0.05) is 31.9 Å². The fourth-order valence-electron chi connectivity index (χ4n) is 1.68. The summed E-state index contributed by atoms with van der Waals surface area (Å²) in [5, 5.41) is 3.35. The Kier molecular flexibility index (Phi) is 2.50. The monoisotopic (exact) mass is 175 g/mol. The minimum Gasteiger partial charge on any atom is -0.369 e. The number of rotatable bonds is 1. The Morgan fingerprint density at radius 2 is 1.69 bits per heavy atom. The molecule has 0 spiro atoms. The summed E-state index contributed by atoms with van der Waals surface area (Å²) in [7, 11) is 0. The maximum Gasteiger partial charge on any atom is 0.0367 e. The summed E-state index contributed by atoms with van der Waals surface area (Å²) in [4.78, 5) is 2.43. The molecule has 0 saturated carbocycles. The third-order valence-electron chi connectivity index (χ3n) is 2.52. The molecule has 0 aromatic heterocycles. The molecular formula is C11H16N2. The Labute approximate surface area is 79.6 Å². The van der Waals surface area contributed by atoms with E-state index in [4.69, 9.17) is 0 Å². The first-order valence-corrected chi connectivity index (χ1v) is 4.88. The Bertz CT molecular complexity index is 260. The van der Waals surface area contributed by atoms with Crippen LogP contribution in [0.3, 0.4) is 0 Å². The Hall–Kier alpha value is -1.02. The van der Waals surface area contributed by atoms with Crippen LogP contribution in [0.5, 0.6) is 0 Å². The van der Waals surface area contributed by atoms with Crippen LogP contribution in [-0.4, -0.2) is 26.2 Å². The molecule has 0 aliphatic carbocycles. The minimum absolute atomic E-state index is 1.11. The van der Waals surface area contributed by atoms with Gasteiger partial charge in [-0.2, -0.15) is 0 Å². The number of hydrogen-bond donors (Lipinski definition) is 1. The molecule has 1 saturated heterocycles. The van der Waals surface area contributed by atoms with Crippen LogP contribution in [0, 0.1) is 6.92 Å². The second-order valence-electron chi connectivity index (χ2n) is 3.57. The van der Waals surface area contributed by atoms with Gasteiger partial charge in [-0.1, -0.05) is 17.7 Å². The lowest BCUT2D eigenvalue weighted by molar-refractivity contribution is 0.589. The van der Waals surface area contributed by atoms with Crippen LogP contribution < -0.4 is 10.2 Å². The zero-order chi connectivity index (χ0) is 9.10. The van der Waals surface area contributed by atoms with Gasteiger partial charge < -0.3 is 10.2 Å². The predicted octanol–water partition coefficient (Wildman–Crippen LogP) is 1.40. The second-order valence-corrected chi connectivity index (χ2v) is 3.57. The van der Waals surface area contributed by atoms with Crippen LogP contribution in [0.2, 0.25) is 0 Å². The normalized spacial score (nSPS) is 17.5. The van der Waals surface area contributed by atoms with Crippen LogP contribution in [0.25, 0.3) is 0 Å². The average molecular weight is 175 g/mol. The van der Waals surface area contributed by atoms with E-state index < -0.39 is 0 Å². The highest BCUT2D eigenvalue weighted by Gasteiger charge is 2.08. The van der Waals surface area contributed by atoms with Gasteiger partial charge in [-0.3, -0.25) is 0 Å². The van der Waals surface area contributed by atoms with Crippen molar-refractivity contribution in [3.8, 4) is 0 Å². The van der Waals surface area contributed by atoms with Gasteiger partial charge in [0.15, 0.2) is 0 Å². The summed E-state index contributed by atoms with van der Waals surface area (Å²) in [6, 6.07) is 8.77. The van der Waals surface area contributed by atoms with Crippen LogP contribution in [0.1, 0.15) is 5.56 Å². The van der Waals surface area contributed by atoms with Crippen molar-refractivity contribution < 1.29 is 0 Å². The summed E-state index contributed by atoms with van der Waals surface area (Å²) in [6.07, 6.45) is 0. The SMILES string of the molecule is [11CH3]c1ccc(N2CCNCC2)cc1. The summed E-state index contributed by atoms with van der Waals surface area (Å²) >= 11 is 0. The quantitative estimate of drug-likeness (QED) is 0.694. The first-order valence-electron chi connectivity index (χ1n) is 4.88. The number of hydrogen-bond acceptors (Lipinski definition) is 2. The molecular weight excluding hydrogens is 159 g/mol. The van der Waals surface area contributed by atoms with Crippen molar-refractivity contribution in [1.29, 1.82) is 0 Å². The minimum atomic E-state index is 1.11. The van der Waals surface area contributed by atoms with Crippen LogP contribution in [0.15, 0.2) is 24.3 Å². The zero-order valence-electron chi connectivity index (χ0n) is 8.09. The second kappa shape index (κ2) is 3.79. The van der Waals surface area contributed by atoms with Crippen molar-refractivity contribution in [2.75, 3.05) is 31.1 Å². The van der Waals surface area contributed by atoms with Gasteiger partial charge in [-0.05, 0) is 19.1 Å². The van der Waals surface area contributed by atoms with E-state index in [1.807, 2.05) is 0 Å². The molecule has 0 amide bonds. The summed E-state index contributed by atoms with van der Waals surface area (Å²) in [5.41, 5.74) is 2.69. The smallest absolute Gasteiger partial charge is 0.0367 e. The van der Waals surface area contributed by atoms with Crippen molar-refractivity contribution >= 4 is 5.69 Å². The van der Waals surface area contributed by atoms with Gasteiger partial charge in [-0.15, -0.1) is 0 Å². The average Bonchev–Trinajstić information content (AvgIpc) is 2.20. The van der Waals surface area contributed by atoms with Crippen molar-refractivity contribution in [2.24, 2.45) is 0 Å². The lowest BCUT2D eigenvalue weighted by atomic mass is 10.0. The molecule has 2 nitrogen and oxygen atoms in total. The number of piperazine rings is 1. The predicted molar refractivity (Wildman–Crippen MR) is 56.3 cm³/mol. The van der Waals surface area contributed by atoms with Crippen LogP contribution in [-0.2, 0) is 0 Å². The highest BCUT2D eigenvalue weighted by Crippen LogP contribution is 2.14. The van der Waals surface area contributed by atoms with Gasteiger partial charge >= 0.3 is 0 Å². The molecule has 1 aliphatic rings. The topological polar surface area (TPSA) is 15.3 Å². The molecule has 1 aromatic rings. The van der Waals surface area contributed by atoms with Crippen LogP contribution in [0.4, 0.5) is 5.69 Å². The largest absolute Gasteiger partial charge is 0.369 e. The third kappa shape index (κ3) is 2.01. The fraction of sp³-hybridized carbons (Fsp3) is 0.455. The highest BCUT2D eigenvalue weighted by atomic mass is 15.2. The number of anilines is 1. The number of nitrogens with zero attached hydrogens (tertiary/aromatic N) is 1. The van der Waals surface area contributed by atoms with Gasteiger partial charge in [-0.25, -0.2) is 0 Å². The fourth-order valence-corrected chi connectivity index (χ4v) is 1.68. The Morgan fingerprint density at radius 1 is 1.08 bits per heavy atom. The zero-order valence-corrected chi connectivity index (χ0v) is 8.09. The molecule has 13 heavy (non-hydrogen) atoms. The van der Waals surface area contributed by atoms with Gasteiger partial charge in [0.25, 0.3) is 0 Å². The lowest BCUT2D eigenvalue weighted by Gasteiger charge is -2.29. The van der Waals surface area contributed by atoms with E-state index in [-0.39, 0.29) is 0 Å². The van der Waals surface area contributed by atoms with E-state index >= 15 is 0 Å². The van der Waals surface area contributed by atoms with E-state index in [9.17, 15) is 0 Å². The van der Waals surface area contributed by atoms with Gasteiger partial charge in [0.05, 0.1) is 0 Å². The lowest BCUT2D eigenvalue weighted by Crippen LogP contribution is -2.43. The molecule has 70 valence electrons. The first-order chi connectivity index (χ1) is 6.36. The molecule has 1 fully saturated rings. The van der Waals surface area contributed by atoms with E-state index in [0.717, 1.165) is 26.2 Å². The van der Waals surface area contributed by atoms with Crippen molar-refractivity contribution in [3.05, 3.63) is 29.8 Å². The number of aryl methyl sites for hydroxylation is 1. The van der Waals surface area contributed by atoms with Crippen molar-refractivity contribution in [3.63, 3.8) is 0 Å². The Balaban J connectivity index is 2.10. The van der Waals surface area contributed by atoms with Crippen LogP contribution >= 0.6 is 0 Å². The molecule has 0 bridgehead atoms. The van der Waals surface area contributed by atoms with E-state index in [1.54, 1.807) is 0 Å². The summed E-state index contributed by atoms with van der Waals surface area (Å²) < 4.78 is 0. The molecule has 1 N–H and O–H groups in total. The third-order valence-corrected chi connectivity index (χ3v) is 2.52. The molecule has 1 aromatic carbocycles.